The molecule has 0 aromatic carbocycles. The van der Waals surface area contributed by atoms with Crippen molar-refractivity contribution in [2.24, 2.45) is 0 Å². The zero-order valence-corrected chi connectivity index (χ0v) is 5.68. The van der Waals surface area contributed by atoms with Crippen molar-refractivity contribution in [2.75, 3.05) is 0 Å². The molecule has 0 bridgehead atoms. The fourth-order valence-corrected chi connectivity index (χ4v) is 0.650. The highest BCUT2D eigenvalue weighted by atomic mass is 16.5. The van der Waals surface area contributed by atoms with E-state index in [-0.39, 0.29) is 11.8 Å². The van der Waals surface area contributed by atoms with Crippen LogP contribution in [-0.4, -0.2) is 20.3 Å². The Labute approximate surface area is 61.2 Å². The SMILES string of the molecule is Cc1noc(-c2nnco2)n1. The van der Waals surface area contributed by atoms with E-state index < -0.39 is 0 Å². The average molecular weight is 152 g/mol. The van der Waals surface area contributed by atoms with Crippen molar-refractivity contribution in [1.82, 2.24) is 20.3 Å². The van der Waals surface area contributed by atoms with Crippen molar-refractivity contribution in [3.8, 4) is 11.8 Å². The van der Waals surface area contributed by atoms with Crippen molar-refractivity contribution >= 4 is 0 Å². The van der Waals surface area contributed by atoms with Gasteiger partial charge in [-0.25, -0.2) is 0 Å². The second kappa shape index (κ2) is 2.15. The van der Waals surface area contributed by atoms with E-state index in [1.165, 1.54) is 6.39 Å². The van der Waals surface area contributed by atoms with Gasteiger partial charge in [-0.3, -0.25) is 0 Å². The Bertz CT molecular complexity index is 339. The van der Waals surface area contributed by atoms with Crippen LogP contribution >= 0.6 is 0 Å². The molecule has 6 heteroatoms. The van der Waals surface area contributed by atoms with Gasteiger partial charge in [0.2, 0.25) is 6.39 Å². The predicted octanol–water partition coefficient (Wildman–Crippen LogP) is 0.428. The lowest BCUT2D eigenvalue weighted by molar-refractivity contribution is 0.408. The van der Waals surface area contributed by atoms with Crippen LogP contribution in [0.25, 0.3) is 11.8 Å². The first kappa shape index (κ1) is 6.02. The molecule has 6 nitrogen and oxygen atoms in total. The van der Waals surface area contributed by atoms with Gasteiger partial charge in [0.05, 0.1) is 0 Å². The van der Waals surface area contributed by atoms with Gasteiger partial charge < -0.3 is 8.94 Å². The topological polar surface area (TPSA) is 77.8 Å². The highest BCUT2D eigenvalue weighted by Crippen LogP contribution is 2.11. The summed E-state index contributed by atoms with van der Waals surface area (Å²) in [6.07, 6.45) is 1.20. The molecular weight excluding hydrogens is 148 g/mol. The van der Waals surface area contributed by atoms with Gasteiger partial charge >= 0.3 is 11.8 Å². The first-order chi connectivity index (χ1) is 5.36. The van der Waals surface area contributed by atoms with Crippen LogP contribution in [0.15, 0.2) is 15.3 Å². The highest BCUT2D eigenvalue weighted by molar-refractivity contribution is 5.34. The third-order valence-corrected chi connectivity index (χ3v) is 1.07. The van der Waals surface area contributed by atoms with E-state index in [9.17, 15) is 0 Å². The molecule has 0 N–H and O–H groups in total. The molecule has 0 aliphatic heterocycles. The standard InChI is InChI=1S/C5H4N4O2/c1-3-7-4(11-9-3)5-8-6-2-10-5/h2H,1H3. The largest absolute Gasteiger partial charge is 0.420 e. The minimum absolute atomic E-state index is 0.241. The Balaban J connectivity index is 2.45. The molecule has 0 aliphatic rings. The van der Waals surface area contributed by atoms with Gasteiger partial charge in [-0.2, -0.15) is 4.98 Å². The summed E-state index contributed by atoms with van der Waals surface area (Å²) in [5.74, 6) is 1.03. The molecular formula is C5H4N4O2. The Morgan fingerprint density at radius 2 is 2.27 bits per heavy atom. The van der Waals surface area contributed by atoms with Crippen molar-refractivity contribution in [1.29, 1.82) is 0 Å². The zero-order valence-electron chi connectivity index (χ0n) is 5.68. The molecule has 0 radical (unpaired) electrons. The van der Waals surface area contributed by atoms with Gasteiger partial charge in [-0.1, -0.05) is 5.16 Å². The van der Waals surface area contributed by atoms with Crippen LogP contribution in [-0.2, 0) is 0 Å². The number of hydrogen-bond donors (Lipinski definition) is 0. The summed E-state index contributed by atoms with van der Waals surface area (Å²) < 4.78 is 9.57. The third kappa shape index (κ3) is 0.977. The zero-order chi connectivity index (χ0) is 7.68. The Morgan fingerprint density at radius 3 is 2.82 bits per heavy atom. The van der Waals surface area contributed by atoms with E-state index >= 15 is 0 Å². The smallest absolute Gasteiger partial charge is 0.315 e. The van der Waals surface area contributed by atoms with E-state index in [1.54, 1.807) is 6.92 Å². The van der Waals surface area contributed by atoms with Crippen LogP contribution in [0.1, 0.15) is 5.82 Å². The highest BCUT2D eigenvalue weighted by Gasteiger charge is 2.10. The summed E-state index contributed by atoms with van der Waals surface area (Å²) in [4.78, 5) is 3.88. The summed E-state index contributed by atoms with van der Waals surface area (Å²) in [5, 5.41) is 10.6. The van der Waals surface area contributed by atoms with Crippen LogP contribution in [0.3, 0.4) is 0 Å². The number of rotatable bonds is 1. The summed E-state index contributed by atoms with van der Waals surface area (Å²) in [5.41, 5.74) is 0. The van der Waals surface area contributed by atoms with Crippen molar-refractivity contribution in [2.45, 2.75) is 6.92 Å². The summed E-state index contributed by atoms with van der Waals surface area (Å²) in [6, 6.07) is 0. The van der Waals surface area contributed by atoms with Crippen LogP contribution < -0.4 is 0 Å². The van der Waals surface area contributed by atoms with Gasteiger partial charge in [0, 0.05) is 0 Å². The summed E-state index contributed by atoms with van der Waals surface area (Å²) >= 11 is 0. The number of nitrogens with zero attached hydrogens (tertiary/aromatic N) is 4. The third-order valence-electron chi connectivity index (χ3n) is 1.07. The first-order valence-electron chi connectivity index (χ1n) is 2.93. The lowest BCUT2D eigenvalue weighted by atomic mass is 10.6. The molecule has 2 aromatic heterocycles. The lowest BCUT2D eigenvalue weighted by Gasteiger charge is -1.77. The van der Waals surface area contributed by atoms with E-state index in [1.807, 2.05) is 0 Å². The van der Waals surface area contributed by atoms with Crippen LogP contribution in [0.2, 0.25) is 0 Å². The molecule has 0 saturated carbocycles. The molecule has 0 unspecified atom stereocenters. The maximum Gasteiger partial charge on any atom is 0.315 e. The fraction of sp³-hybridized carbons (Fsp3) is 0.200. The molecule has 2 rings (SSSR count). The molecule has 0 amide bonds. The lowest BCUT2D eigenvalue weighted by Crippen LogP contribution is -1.77. The molecule has 0 spiro atoms. The number of aromatic nitrogens is 4. The molecule has 0 atom stereocenters. The molecule has 0 aliphatic carbocycles. The maximum atomic E-state index is 4.81. The monoisotopic (exact) mass is 152 g/mol. The predicted molar refractivity (Wildman–Crippen MR) is 32.3 cm³/mol. The Morgan fingerprint density at radius 1 is 1.36 bits per heavy atom. The van der Waals surface area contributed by atoms with Crippen LogP contribution in [0, 0.1) is 6.92 Å². The maximum absolute atomic E-state index is 4.81. The second-order valence-corrected chi connectivity index (χ2v) is 1.89. The fourth-order valence-electron chi connectivity index (χ4n) is 0.650. The van der Waals surface area contributed by atoms with Gasteiger partial charge in [0.15, 0.2) is 5.82 Å². The van der Waals surface area contributed by atoms with E-state index in [2.05, 4.69) is 20.3 Å². The molecule has 56 valence electrons. The van der Waals surface area contributed by atoms with Crippen molar-refractivity contribution in [3.63, 3.8) is 0 Å². The molecule has 0 saturated heterocycles. The van der Waals surface area contributed by atoms with Crippen LogP contribution in [0.4, 0.5) is 0 Å². The molecule has 11 heavy (non-hydrogen) atoms. The van der Waals surface area contributed by atoms with E-state index in [0.29, 0.717) is 5.82 Å². The van der Waals surface area contributed by atoms with Crippen molar-refractivity contribution < 1.29 is 8.94 Å². The minimum Gasteiger partial charge on any atom is -0.420 e. The summed E-state index contributed by atoms with van der Waals surface area (Å²) in [6.45, 7) is 1.71. The van der Waals surface area contributed by atoms with E-state index in [4.69, 9.17) is 8.94 Å². The van der Waals surface area contributed by atoms with Gasteiger partial charge in [-0.15, -0.1) is 10.2 Å². The van der Waals surface area contributed by atoms with Gasteiger partial charge in [-0.05, 0) is 6.92 Å². The number of aryl methyl sites for hydroxylation is 1. The average Bonchev–Trinajstić information content (AvgIpc) is 2.55. The Hall–Kier alpha value is -1.72. The molecule has 2 heterocycles. The van der Waals surface area contributed by atoms with E-state index in [0.717, 1.165) is 0 Å². The molecule has 0 fully saturated rings. The normalized spacial score (nSPS) is 10.3. The van der Waals surface area contributed by atoms with Gasteiger partial charge in [0.1, 0.15) is 0 Å². The summed E-state index contributed by atoms with van der Waals surface area (Å²) in [7, 11) is 0. The quantitative estimate of drug-likeness (QED) is 0.589. The van der Waals surface area contributed by atoms with Crippen molar-refractivity contribution in [3.05, 3.63) is 12.2 Å². The number of hydrogen-bond acceptors (Lipinski definition) is 6. The minimum atomic E-state index is 0.241. The second-order valence-electron chi connectivity index (χ2n) is 1.89. The Kier molecular flexibility index (Phi) is 1.18. The van der Waals surface area contributed by atoms with Gasteiger partial charge in [0.25, 0.3) is 0 Å². The van der Waals surface area contributed by atoms with Crippen LogP contribution in [0.5, 0.6) is 0 Å². The first-order valence-corrected chi connectivity index (χ1v) is 2.93. The molecule has 2 aromatic rings.